The fourth-order valence-corrected chi connectivity index (χ4v) is 1.49. The maximum atomic E-state index is 10.6. The van der Waals surface area contributed by atoms with Crippen LogP contribution in [0, 0.1) is 17.0 Å². The van der Waals surface area contributed by atoms with Crippen molar-refractivity contribution in [1.82, 2.24) is 4.98 Å². The van der Waals surface area contributed by atoms with E-state index in [2.05, 4.69) is 10.3 Å². The van der Waals surface area contributed by atoms with Gasteiger partial charge in [-0.3, -0.25) is 10.1 Å². The van der Waals surface area contributed by atoms with Gasteiger partial charge in [-0.25, -0.2) is 4.98 Å². The molecule has 0 fully saturated rings. The molecule has 0 unspecified atom stereocenters. The minimum absolute atomic E-state index is 0.121. The molecule has 1 aromatic carbocycles. The second-order valence-corrected chi connectivity index (χ2v) is 3.58. The molecule has 0 aliphatic carbocycles. The predicted octanol–water partition coefficient (Wildman–Crippen LogP) is 2.50. The van der Waals surface area contributed by atoms with Gasteiger partial charge in [0.25, 0.3) is 5.69 Å². The van der Waals surface area contributed by atoms with Crippen molar-refractivity contribution in [3.63, 3.8) is 0 Å². The third kappa shape index (κ3) is 2.60. The Bertz CT molecular complexity index is 523. The second kappa shape index (κ2) is 4.65. The first-order chi connectivity index (χ1) is 8.16. The average molecular weight is 233 g/mol. The number of anilines is 1. The molecule has 1 heterocycles. The van der Waals surface area contributed by atoms with E-state index in [1.54, 1.807) is 25.3 Å². The lowest BCUT2D eigenvalue weighted by Gasteiger charge is -2.05. The third-order valence-corrected chi connectivity index (χ3v) is 2.34. The van der Waals surface area contributed by atoms with E-state index in [0.717, 1.165) is 5.69 Å². The van der Waals surface area contributed by atoms with Crippen LogP contribution in [0.1, 0.15) is 11.3 Å². The van der Waals surface area contributed by atoms with Crippen molar-refractivity contribution in [2.45, 2.75) is 13.5 Å². The molecule has 0 radical (unpaired) electrons. The van der Waals surface area contributed by atoms with Crippen molar-refractivity contribution in [3.05, 3.63) is 52.2 Å². The largest absolute Gasteiger partial charge is 0.447 e. The molecule has 6 nitrogen and oxygen atoms in total. The van der Waals surface area contributed by atoms with Crippen LogP contribution in [0.4, 0.5) is 11.4 Å². The maximum Gasteiger partial charge on any atom is 0.272 e. The van der Waals surface area contributed by atoms with Crippen molar-refractivity contribution >= 4 is 11.4 Å². The van der Waals surface area contributed by atoms with E-state index < -0.39 is 4.92 Å². The number of aromatic nitrogens is 1. The Morgan fingerprint density at radius 3 is 2.94 bits per heavy atom. The third-order valence-electron chi connectivity index (χ3n) is 2.34. The molecule has 2 aromatic rings. The highest BCUT2D eigenvalue weighted by atomic mass is 16.6. The van der Waals surface area contributed by atoms with E-state index in [9.17, 15) is 10.1 Å². The van der Waals surface area contributed by atoms with Crippen molar-refractivity contribution in [3.8, 4) is 0 Å². The Hall–Kier alpha value is -2.37. The summed E-state index contributed by atoms with van der Waals surface area (Å²) in [6.45, 7) is 2.20. The molecule has 17 heavy (non-hydrogen) atoms. The van der Waals surface area contributed by atoms with Gasteiger partial charge in [0, 0.05) is 17.3 Å². The number of hydrogen-bond acceptors (Lipinski definition) is 5. The first kappa shape index (κ1) is 11.1. The lowest BCUT2D eigenvalue weighted by atomic mass is 10.2. The van der Waals surface area contributed by atoms with E-state index in [1.165, 1.54) is 12.5 Å². The van der Waals surface area contributed by atoms with Crippen LogP contribution < -0.4 is 5.32 Å². The number of aryl methyl sites for hydroxylation is 1. The van der Waals surface area contributed by atoms with E-state index >= 15 is 0 Å². The molecule has 0 saturated heterocycles. The number of hydrogen-bond donors (Lipinski definition) is 1. The van der Waals surface area contributed by atoms with Gasteiger partial charge < -0.3 is 9.73 Å². The fourth-order valence-electron chi connectivity index (χ4n) is 1.49. The Morgan fingerprint density at radius 1 is 1.53 bits per heavy atom. The molecule has 1 N–H and O–H groups in total. The minimum atomic E-state index is -0.393. The van der Waals surface area contributed by atoms with Crippen LogP contribution in [0.5, 0.6) is 0 Å². The highest BCUT2D eigenvalue weighted by molar-refractivity contribution is 5.53. The van der Waals surface area contributed by atoms with Crippen LogP contribution in [0.15, 0.2) is 35.2 Å². The number of nitrogens with one attached hydrogen (secondary N) is 1. The summed E-state index contributed by atoms with van der Waals surface area (Å²) in [5, 5.41) is 13.7. The van der Waals surface area contributed by atoms with E-state index in [0.29, 0.717) is 17.9 Å². The fraction of sp³-hybridized carbons (Fsp3) is 0.182. The molecule has 0 bridgehead atoms. The van der Waals surface area contributed by atoms with Gasteiger partial charge in [0.2, 0.25) is 0 Å². The van der Waals surface area contributed by atoms with E-state index in [1.807, 2.05) is 0 Å². The standard InChI is InChI=1S/C11H11N3O3/c1-8-4-9(2-3-11(8)14(15)16)13-6-10-5-12-7-17-10/h2-5,7,13H,6H2,1H3. The monoisotopic (exact) mass is 233 g/mol. The van der Waals surface area contributed by atoms with Crippen LogP contribution in [0.3, 0.4) is 0 Å². The zero-order chi connectivity index (χ0) is 12.3. The molecule has 0 aliphatic heterocycles. The Kier molecular flexibility index (Phi) is 3.04. The number of rotatable bonds is 4. The van der Waals surface area contributed by atoms with Gasteiger partial charge in [-0.05, 0) is 19.1 Å². The second-order valence-electron chi connectivity index (χ2n) is 3.58. The molecule has 0 saturated carbocycles. The number of nitrogens with zero attached hydrogens (tertiary/aromatic N) is 2. The Labute approximate surface area is 97.4 Å². The summed E-state index contributed by atoms with van der Waals surface area (Å²) < 4.78 is 5.07. The van der Waals surface area contributed by atoms with Crippen molar-refractivity contribution in [2.24, 2.45) is 0 Å². The van der Waals surface area contributed by atoms with Gasteiger partial charge in [-0.2, -0.15) is 0 Å². The van der Waals surface area contributed by atoms with Gasteiger partial charge in [-0.1, -0.05) is 0 Å². The normalized spacial score (nSPS) is 10.2. The Morgan fingerprint density at radius 2 is 2.35 bits per heavy atom. The Balaban J connectivity index is 2.07. The number of benzene rings is 1. The topological polar surface area (TPSA) is 81.2 Å². The molecule has 0 amide bonds. The van der Waals surface area contributed by atoms with E-state index in [4.69, 9.17) is 4.42 Å². The summed E-state index contributed by atoms with van der Waals surface area (Å²) in [4.78, 5) is 14.0. The lowest BCUT2D eigenvalue weighted by molar-refractivity contribution is -0.385. The van der Waals surface area contributed by atoms with Crippen LogP contribution in [0.2, 0.25) is 0 Å². The number of oxazole rings is 1. The summed E-state index contributed by atoms with van der Waals surface area (Å²) in [5.74, 6) is 0.709. The van der Waals surface area contributed by atoms with Gasteiger partial charge >= 0.3 is 0 Å². The first-order valence-corrected chi connectivity index (χ1v) is 5.03. The molecule has 0 spiro atoms. The van der Waals surface area contributed by atoms with Crippen molar-refractivity contribution in [2.75, 3.05) is 5.32 Å². The molecule has 0 aliphatic rings. The summed E-state index contributed by atoms with van der Waals surface area (Å²) >= 11 is 0. The van der Waals surface area contributed by atoms with Gasteiger partial charge in [0.1, 0.15) is 5.76 Å². The highest BCUT2D eigenvalue weighted by Gasteiger charge is 2.09. The van der Waals surface area contributed by atoms with Crippen LogP contribution in [0.25, 0.3) is 0 Å². The zero-order valence-electron chi connectivity index (χ0n) is 9.21. The number of nitro groups is 1. The van der Waals surface area contributed by atoms with Gasteiger partial charge in [0.15, 0.2) is 6.39 Å². The van der Waals surface area contributed by atoms with Gasteiger partial charge in [-0.15, -0.1) is 0 Å². The lowest BCUT2D eigenvalue weighted by Crippen LogP contribution is -1.99. The molecule has 0 atom stereocenters. The summed E-state index contributed by atoms with van der Waals surface area (Å²) in [5.41, 5.74) is 1.55. The van der Waals surface area contributed by atoms with Crippen molar-refractivity contribution < 1.29 is 9.34 Å². The molecule has 6 heteroatoms. The SMILES string of the molecule is Cc1cc(NCc2cnco2)ccc1[N+](=O)[O-]. The first-order valence-electron chi connectivity index (χ1n) is 5.03. The molecular weight excluding hydrogens is 222 g/mol. The summed E-state index contributed by atoms with van der Waals surface area (Å²) in [6.07, 6.45) is 2.98. The summed E-state index contributed by atoms with van der Waals surface area (Å²) in [6, 6.07) is 4.88. The molecular formula is C11H11N3O3. The van der Waals surface area contributed by atoms with Gasteiger partial charge in [0.05, 0.1) is 17.7 Å². The predicted molar refractivity (Wildman–Crippen MR) is 61.7 cm³/mol. The van der Waals surface area contributed by atoms with E-state index in [-0.39, 0.29) is 5.69 Å². The number of nitro benzene ring substituents is 1. The van der Waals surface area contributed by atoms with Crippen LogP contribution >= 0.6 is 0 Å². The maximum absolute atomic E-state index is 10.6. The van der Waals surface area contributed by atoms with Crippen LogP contribution in [-0.4, -0.2) is 9.91 Å². The smallest absolute Gasteiger partial charge is 0.272 e. The molecule has 1 aromatic heterocycles. The molecule has 88 valence electrons. The van der Waals surface area contributed by atoms with Crippen molar-refractivity contribution in [1.29, 1.82) is 0 Å². The average Bonchev–Trinajstić information content (AvgIpc) is 2.78. The highest BCUT2D eigenvalue weighted by Crippen LogP contribution is 2.21. The summed E-state index contributed by atoms with van der Waals surface area (Å²) in [7, 11) is 0. The van der Waals surface area contributed by atoms with Crippen LogP contribution in [-0.2, 0) is 6.54 Å². The minimum Gasteiger partial charge on any atom is -0.447 e. The quantitative estimate of drug-likeness (QED) is 0.648. The molecule has 2 rings (SSSR count). The zero-order valence-corrected chi connectivity index (χ0v) is 9.21.